The summed E-state index contributed by atoms with van der Waals surface area (Å²) in [5, 5.41) is 23.8. The van der Waals surface area contributed by atoms with Gasteiger partial charge >= 0.3 is 12.1 Å². The number of hydrogen-bond acceptors (Lipinski definition) is 8. The molecule has 2 aliphatic heterocycles. The monoisotopic (exact) mass is 476 g/mol. The van der Waals surface area contributed by atoms with Gasteiger partial charge in [0.25, 0.3) is 0 Å². The van der Waals surface area contributed by atoms with E-state index in [1.165, 1.54) is 11.8 Å². The number of thioether (sulfide) groups is 1. The molecule has 4 aliphatic rings. The van der Waals surface area contributed by atoms with Crippen molar-refractivity contribution in [2.75, 3.05) is 25.6 Å². The zero-order valence-corrected chi connectivity index (χ0v) is 19.4. The molecule has 1 spiro atoms. The van der Waals surface area contributed by atoms with Crippen molar-refractivity contribution in [1.29, 1.82) is 0 Å². The molecule has 5 atom stereocenters. The lowest BCUT2D eigenvalue weighted by atomic mass is 9.49. The standard InChI is InChI=1S/C23H28N2O7S/c1-25-9-8-22-17-12-3-4-15(31-21(29)24-13(20(27)28)6-10-33-2)18(17)32-19(22)14(26)5-7-23(22,30)16(25)11-12/h3-4,13,16,19,30H,5-11H2,1-2H3,(H,24,29)(H,27,28)/t13-,16?,19+,22?,23?/m1/s1. The number of ether oxygens (including phenoxy) is 2. The van der Waals surface area contributed by atoms with Crippen LogP contribution in [-0.4, -0.2) is 82.3 Å². The van der Waals surface area contributed by atoms with Gasteiger partial charge in [-0.15, -0.1) is 0 Å². The summed E-state index contributed by atoms with van der Waals surface area (Å²) in [6, 6.07) is 2.30. The van der Waals surface area contributed by atoms with E-state index in [0.29, 0.717) is 30.8 Å². The topological polar surface area (TPSA) is 125 Å². The largest absolute Gasteiger partial charge is 0.480 e. The molecule has 1 aromatic rings. The van der Waals surface area contributed by atoms with Crippen molar-refractivity contribution in [3.8, 4) is 11.5 Å². The van der Waals surface area contributed by atoms with Crippen molar-refractivity contribution in [2.24, 2.45) is 0 Å². The molecule has 10 heteroatoms. The number of benzene rings is 1. The minimum Gasteiger partial charge on any atom is -0.480 e. The Morgan fingerprint density at radius 2 is 2.18 bits per heavy atom. The number of aliphatic hydroxyl groups is 1. The van der Waals surface area contributed by atoms with Gasteiger partial charge in [-0.1, -0.05) is 6.07 Å². The maximum absolute atomic E-state index is 13.0. The number of nitrogens with one attached hydrogen (secondary N) is 1. The Bertz CT molecular complexity index is 1030. The number of likely N-dealkylation sites (tertiary alicyclic amines) is 1. The first-order valence-electron chi connectivity index (χ1n) is 11.2. The average molecular weight is 477 g/mol. The number of nitrogens with zero attached hydrogens (tertiary/aromatic N) is 1. The van der Waals surface area contributed by atoms with Gasteiger partial charge in [-0.2, -0.15) is 11.8 Å². The quantitative estimate of drug-likeness (QED) is 0.558. The van der Waals surface area contributed by atoms with Gasteiger partial charge in [0.05, 0.1) is 11.0 Å². The summed E-state index contributed by atoms with van der Waals surface area (Å²) in [5.41, 5.74) is -0.209. The molecule has 2 bridgehead atoms. The number of carboxylic acids is 1. The van der Waals surface area contributed by atoms with E-state index >= 15 is 0 Å². The number of rotatable bonds is 6. The molecule has 178 valence electrons. The summed E-state index contributed by atoms with van der Waals surface area (Å²) in [4.78, 5) is 39.2. The number of ketones is 1. The van der Waals surface area contributed by atoms with E-state index in [4.69, 9.17) is 9.47 Å². The molecule has 0 aromatic heterocycles. The van der Waals surface area contributed by atoms with Crippen LogP contribution in [0.2, 0.25) is 0 Å². The van der Waals surface area contributed by atoms with E-state index in [1.54, 1.807) is 6.07 Å². The summed E-state index contributed by atoms with van der Waals surface area (Å²) >= 11 is 1.49. The highest BCUT2D eigenvalue weighted by atomic mass is 32.2. The number of Topliss-reactive ketones (excluding diaryl/α,β-unsaturated/α-hetero) is 1. The fourth-order valence-corrected chi connectivity index (χ4v) is 6.84. The molecule has 3 unspecified atom stereocenters. The lowest BCUT2D eigenvalue weighted by Crippen LogP contribution is -2.76. The van der Waals surface area contributed by atoms with Gasteiger partial charge in [-0.25, -0.2) is 9.59 Å². The predicted octanol–water partition coefficient (Wildman–Crippen LogP) is 1.33. The van der Waals surface area contributed by atoms with Crippen LogP contribution in [0.3, 0.4) is 0 Å². The smallest absolute Gasteiger partial charge is 0.413 e. The van der Waals surface area contributed by atoms with Crippen LogP contribution >= 0.6 is 11.8 Å². The molecule has 0 radical (unpaired) electrons. The maximum Gasteiger partial charge on any atom is 0.413 e. The van der Waals surface area contributed by atoms with Gasteiger partial charge in [0, 0.05) is 18.0 Å². The lowest BCUT2D eigenvalue weighted by molar-refractivity contribution is -0.185. The minimum atomic E-state index is -1.13. The molecule has 1 amide bonds. The predicted molar refractivity (Wildman–Crippen MR) is 120 cm³/mol. The third-order valence-corrected chi connectivity index (χ3v) is 8.56. The number of carbonyl (C=O) groups excluding carboxylic acids is 2. The molecule has 1 saturated carbocycles. The number of aliphatic carboxylic acids is 1. The number of likely N-dealkylation sites (N-methyl/N-ethyl adjacent to an activating group) is 1. The van der Waals surface area contributed by atoms with Gasteiger partial charge in [-0.05, 0) is 62.9 Å². The van der Waals surface area contributed by atoms with Crippen LogP contribution in [-0.2, 0) is 21.4 Å². The van der Waals surface area contributed by atoms with E-state index in [1.807, 2.05) is 19.4 Å². The number of amides is 1. The Morgan fingerprint density at radius 3 is 2.91 bits per heavy atom. The molecule has 2 fully saturated rings. The van der Waals surface area contributed by atoms with E-state index in [0.717, 1.165) is 17.7 Å². The highest BCUT2D eigenvalue weighted by Gasteiger charge is 2.72. The zero-order chi connectivity index (χ0) is 23.5. The second-order valence-electron chi connectivity index (χ2n) is 9.44. The molecule has 2 heterocycles. The molecule has 1 saturated heterocycles. The molecule has 9 nitrogen and oxygen atoms in total. The molecular weight excluding hydrogens is 448 g/mol. The number of hydrogen-bond donors (Lipinski definition) is 3. The minimum absolute atomic E-state index is 0.0505. The first-order valence-corrected chi connectivity index (χ1v) is 12.6. The molecule has 3 N–H and O–H groups in total. The Kier molecular flexibility index (Phi) is 5.37. The first-order chi connectivity index (χ1) is 15.7. The highest BCUT2D eigenvalue weighted by Crippen LogP contribution is 2.64. The van der Waals surface area contributed by atoms with Crippen molar-refractivity contribution in [3.63, 3.8) is 0 Å². The Hall–Kier alpha value is -2.30. The van der Waals surface area contributed by atoms with Crippen LogP contribution < -0.4 is 14.8 Å². The Morgan fingerprint density at radius 1 is 1.39 bits per heavy atom. The Balaban J connectivity index is 1.50. The van der Waals surface area contributed by atoms with Crippen LogP contribution in [0.5, 0.6) is 11.5 Å². The number of piperidine rings is 1. The summed E-state index contributed by atoms with van der Waals surface area (Å²) in [6.45, 7) is 0.723. The van der Waals surface area contributed by atoms with E-state index < -0.39 is 35.2 Å². The SMILES string of the molecule is CSCC[C@@H](NC(=O)Oc1ccc2c3c1O[C@H]1C(=O)CCC4(O)C(C2)N(C)CCC314)C(=O)O. The molecule has 1 aromatic carbocycles. The number of carboxylic acid groups (broad SMARTS) is 1. The second-order valence-corrected chi connectivity index (χ2v) is 10.4. The van der Waals surface area contributed by atoms with E-state index in [-0.39, 0.29) is 30.4 Å². The van der Waals surface area contributed by atoms with Gasteiger partial charge < -0.3 is 29.9 Å². The summed E-state index contributed by atoms with van der Waals surface area (Å²) in [5.74, 6) is -0.155. The third-order valence-electron chi connectivity index (χ3n) is 7.91. The fourth-order valence-electron chi connectivity index (χ4n) is 6.37. The van der Waals surface area contributed by atoms with Crippen molar-refractivity contribution in [2.45, 2.75) is 61.3 Å². The molecule has 33 heavy (non-hydrogen) atoms. The second kappa shape index (κ2) is 7.89. The average Bonchev–Trinajstić information content (AvgIpc) is 3.13. The normalized spacial score (nSPS) is 32.5. The van der Waals surface area contributed by atoms with Gasteiger partial charge in [0.1, 0.15) is 6.04 Å². The van der Waals surface area contributed by atoms with E-state index in [9.17, 15) is 24.6 Å². The third kappa shape index (κ3) is 3.10. The van der Waals surface area contributed by atoms with Gasteiger partial charge in [-0.3, -0.25) is 4.79 Å². The van der Waals surface area contributed by atoms with Crippen LogP contribution in [0.4, 0.5) is 4.79 Å². The molecule has 5 rings (SSSR count). The number of carbonyl (C=O) groups is 3. The van der Waals surface area contributed by atoms with Crippen molar-refractivity contribution >= 4 is 29.6 Å². The Labute approximate surface area is 195 Å². The van der Waals surface area contributed by atoms with Crippen LogP contribution in [0.1, 0.15) is 36.8 Å². The highest BCUT2D eigenvalue weighted by molar-refractivity contribution is 7.98. The molecular formula is C23H28N2O7S. The summed E-state index contributed by atoms with van der Waals surface area (Å²) in [7, 11) is 2.00. The first kappa shape index (κ1) is 22.5. The van der Waals surface area contributed by atoms with Crippen molar-refractivity contribution < 1.29 is 34.1 Å². The van der Waals surface area contributed by atoms with Crippen molar-refractivity contribution in [3.05, 3.63) is 23.3 Å². The van der Waals surface area contributed by atoms with Crippen LogP contribution in [0.15, 0.2) is 12.1 Å². The fraction of sp³-hybridized carbons (Fsp3) is 0.609. The lowest BCUT2D eigenvalue weighted by Gasteiger charge is -2.61. The van der Waals surface area contributed by atoms with E-state index in [2.05, 4.69) is 10.2 Å². The van der Waals surface area contributed by atoms with Crippen LogP contribution in [0.25, 0.3) is 0 Å². The van der Waals surface area contributed by atoms with Crippen LogP contribution in [0, 0.1) is 0 Å². The van der Waals surface area contributed by atoms with Gasteiger partial charge in [0.2, 0.25) is 0 Å². The molecule has 2 aliphatic carbocycles. The summed E-state index contributed by atoms with van der Waals surface area (Å²) < 4.78 is 11.7. The maximum atomic E-state index is 13.0. The zero-order valence-electron chi connectivity index (χ0n) is 18.6. The summed E-state index contributed by atoms with van der Waals surface area (Å²) in [6.07, 6.45) is 2.21. The van der Waals surface area contributed by atoms with Crippen molar-refractivity contribution in [1.82, 2.24) is 10.2 Å². The van der Waals surface area contributed by atoms with Gasteiger partial charge in [0.15, 0.2) is 23.4 Å².